The molecule has 0 spiro atoms. The van der Waals surface area contributed by atoms with E-state index in [0.717, 1.165) is 11.3 Å². The van der Waals surface area contributed by atoms with Gasteiger partial charge in [0.1, 0.15) is 5.75 Å². The number of methoxy groups -OCH3 is 1. The fourth-order valence-corrected chi connectivity index (χ4v) is 1.88. The van der Waals surface area contributed by atoms with Gasteiger partial charge in [0.25, 0.3) is 5.95 Å². The van der Waals surface area contributed by atoms with Crippen molar-refractivity contribution < 1.29 is 4.74 Å². The van der Waals surface area contributed by atoms with E-state index in [0.29, 0.717) is 11.8 Å². The molecule has 0 amide bonds. The first-order valence-corrected chi connectivity index (χ1v) is 6.20. The van der Waals surface area contributed by atoms with Crippen LogP contribution >= 0.6 is 11.6 Å². The van der Waals surface area contributed by atoms with Gasteiger partial charge in [-0.15, -0.1) is 5.10 Å². The van der Waals surface area contributed by atoms with Crippen molar-refractivity contribution in [3.63, 3.8) is 0 Å². The number of hydrogen-bond acceptors (Lipinski definition) is 5. The summed E-state index contributed by atoms with van der Waals surface area (Å²) < 4.78 is 6.50. The second kappa shape index (κ2) is 5.26. The summed E-state index contributed by atoms with van der Waals surface area (Å²) in [5.41, 5.74) is 0.836. The van der Waals surface area contributed by atoms with Gasteiger partial charge in [0.2, 0.25) is 5.28 Å². The maximum atomic E-state index is 6.07. The van der Waals surface area contributed by atoms with E-state index in [1.807, 2.05) is 24.3 Å². The second-order valence-corrected chi connectivity index (χ2v) is 4.23. The number of aromatic nitrogens is 5. The van der Waals surface area contributed by atoms with Gasteiger partial charge in [-0.2, -0.15) is 9.67 Å². The molecule has 2 heterocycles. The minimum Gasteiger partial charge on any atom is -0.497 e. The van der Waals surface area contributed by atoms with Crippen molar-refractivity contribution in [3.8, 4) is 23.1 Å². The fraction of sp³-hybridized carbons (Fsp3) is 0.0769. The van der Waals surface area contributed by atoms with E-state index in [2.05, 4.69) is 20.1 Å². The minimum atomic E-state index is 0.210. The summed E-state index contributed by atoms with van der Waals surface area (Å²) in [6.07, 6.45) is 3.24. The van der Waals surface area contributed by atoms with Crippen LogP contribution in [0.2, 0.25) is 5.28 Å². The van der Waals surface area contributed by atoms with Crippen LogP contribution in [0.25, 0.3) is 17.3 Å². The number of nitrogens with zero attached hydrogens (tertiary/aromatic N) is 5. The molecule has 6 nitrogen and oxygen atoms in total. The van der Waals surface area contributed by atoms with Gasteiger partial charge in [-0.3, -0.25) is 0 Å². The van der Waals surface area contributed by atoms with Gasteiger partial charge in [-0.25, -0.2) is 9.97 Å². The molecule has 0 aliphatic heterocycles. The normalized spacial score (nSPS) is 10.5. The standard InChI is InChI=1S/C13H10ClN5O/c1-20-10-5-3-9(4-6-10)11-17-12(14)19(18-11)13-15-7-2-8-16-13/h2-8H,1H3. The van der Waals surface area contributed by atoms with Crippen LogP contribution in [0.3, 0.4) is 0 Å². The zero-order valence-electron chi connectivity index (χ0n) is 10.6. The third-order valence-corrected chi connectivity index (χ3v) is 2.90. The quantitative estimate of drug-likeness (QED) is 0.740. The van der Waals surface area contributed by atoms with E-state index in [4.69, 9.17) is 16.3 Å². The predicted octanol–water partition coefficient (Wildman–Crippen LogP) is 2.39. The smallest absolute Gasteiger partial charge is 0.253 e. The van der Waals surface area contributed by atoms with E-state index in [9.17, 15) is 0 Å². The summed E-state index contributed by atoms with van der Waals surface area (Å²) in [4.78, 5) is 12.4. The largest absolute Gasteiger partial charge is 0.497 e. The maximum absolute atomic E-state index is 6.07. The minimum absolute atomic E-state index is 0.210. The summed E-state index contributed by atoms with van der Waals surface area (Å²) in [7, 11) is 1.62. The number of ether oxygens (including phenoxy) is 1. The molecule has 3 aromatic rings. The van der Waals surface area contributed by atoms with Crippen molar-refractivity contribution in [2.24, 2.45) is 0 Å². The molecule has 0 fully saturated rings. The first-order chi connectivity index (χ1) is 9.78. The molecule has 0 aliphatic carbocycles. The summed E-state index contributed by atoms with van der Waals surface area (Å²) in [6, 6.07) is 9.12. The fourth-order valence-electron chi connectivity index (χ4n) is 1.68. The van der Waals surface area contributed by atoms with Crippen LogP contribution < -0.4 is 4.74 Å². The second-order valence-electron chi connectivity index (χ2n) is 3.89. The lowest BCUT2D eigenvalue weighted by Gasteiger charge is -1.99. The van der Waals surface area contributed by atoms with Gasteiger partial charge >= 0.3 is 0 Å². The monoisotopic (exact) mass is 287 g/mol. The molecule has 0 saturated carbocycles. The van der Waals surface area contributed by atoms with Gasteiger partial charge < -0.3 is 4.74 Å². The Labute approximate surface area is 120 Å². The van der Waals surface area contributed by atoms with Gasteiger partial charge in [0.05, 0.1) is 7.11 Å². The average molecular weight is 288 g/mol. The Morgan fingerprint density at radius 3 is 2.45 bits per heavy atom. The van der Waals surface area contributed by atoms with E-state index in [1.165, 1.54) is 4.68 Å². The highest BCUT2D eigenvalue weighted by molar-refractivity contribution is 6.28. The molecular formula is C13H10ClN5O. The van der Waals surface area contributed by atoms with E-state index < -0.39 is 0 Å². The van der Waals surface area contributed by atoms with Crippen LogP contribution in [0.15, 0.2) is 42.7 Å². The van der Waals surface area contributed by atoms with Crippen molar-refractivity contribution in [2.75, 3.05) is 7.11 Å². The van der Waals surface area contributed by atoms with Crippen LogP contribution in [-0.2, 0) is 0 Å². The van der Waals surface area contributed by atoms with Gasteiger partial charge in [-0.1, -0.05) is 0 Å². The van der Waals surface area contributed by atoms with Gasteiger partial charge in [0, 0.05) is 18.0 Å². The molecular weight excluding hydrogens is 278 g/mol. The molecule has 0 aliphatic rings. The predicted molar refractivity (Wildman–Crippen MR) is 73.9 cm³/mol. The molecule has 0 unspecified atom stereocenters. The van der Waals surface area contributed by atoms with E-state index >= 15 is 0 Å². The van der Waals surface area contributed by atoms with Crippen molar-refractivity contribution >= 4 is 11.6 Å². The Morgan fingerprint density at radius 2 is 1.80 bits per heavy atom. The molecule has 0 saturated heterocycles. The number of rotatable bonds is 3. The van der Waals surface area contributed by atoms with Crippen molar-refractivity contribution in [2.45, 2.75) is 0 Å². The van der Waals surface area contributed by atoms with Crippen molar-refractivity contribution in [1.29, 1.82) is 0 Å². The summed E-state index contributed by atoms with van der Waals surface area (Å²) in [5.74, 6) is 1.65. The van der Waals surface area contributed by atoms with Gasteiger partial charge in [-0.05, 0) is 41.9 Å². The average Bonchev–Trinajstić information content (AvgIpc) is 2.90. The number of hydrogen-bond donors (Lipinski definition) is 0. The summed E-state index contributed by atoms with van der Waals surface area (Å²) in [6.45, 7) is 0. The molecule has 20 heavy (non-hydrogen) atoms. The maximum Gasteiger partial charge on any atom is 0.253 e. The number of halogens is 1. The highest BCUT2D eigenvalue weighted by Crippen LogP contribution is 2.21. The Bertz CT molecular complexity index is 711. The molecule has 3 rings (SSSR count). The zero-order chi connectivity index (χ0) is 13.9. The molecule has 0 N–H and O–H groups in total. The Balaban J connectivity index is 2.00. The molecule has 0 radical (unpaired) electrons. The van der Waals surface area contributed by atoms with Crippen molar-refractivity contribution in [1.82, 2.24) is 24.7 Å². The Morgan fingerprint density at radius 1 is 1.10 bits per heavy atom. The topological polar surface area (TPSA) is 65.7 Å². The molecule has 1 aromatic carbocycles. The molecule has 7 heteroatoms. The zero-order valence-corrected chi connectivity index (χ0v) is 11.3. The lowest BCUT2D eigenvalue weighted by molar-refractivity contribution is 0.415. The van der Waals surface area contributed by atoms with Crippen molar-refractivity contribution in [3.05, 3.63) is 48.0 Å². The third-order valence-electron chi connectivity index (χ3n) is 2.66. The Hall–Kier alpha value is -2.47. The lowest BCUT2D eigenvalue weighted by atomic mass is 10.2. The molecule has 0 bridgehead atoms. The van der Waals surface area contributed by atoms with Crippen LogP contribution in [0.5, 0.6) is 5.75 Å². The lowest BCUT2D eigenvalue weighted by Crippen LogP contribution is -2.02. The van der Waals surface area contributed by atoms with Crippen LogP contribution in [0.4, 0.5) is 0 Å². The molecule has 2 aromatic heterocycles. The summed E-state index contributed by atoms with van der Waals surface area (Å²) >= 11 is 6.07. The van der Waals surface area contributed by atoms with E-state index in [1.54, 1.807) is 25.6 Å². The van der Waals surface area contributed by atoms with E-state index in [-0.39, 0.29) is 5.28 Å². The third kappa shape index (κ3) is 2.33. The molecule has 0 atom stereocenters. The summed E-state index contributed by atoms with van der Waals surface area (Å²) in [5, 5.41) is 4.52. The SMILES string of the molecule is COc1ccc(-c2nc(Cl)n(-c3ncccn3)n2)cc1. The Kier molecular flexibility index (Phi) is 3.30. The highest BCUT2D eigenvalue weighted by atomic mass is 35.5. The van der Waals surface area contributed by atoms with Crippen LogP contribution in [0, 0.1) is 0 Å². The first-order valence-electron chi connectivity index (χ1n) is 5.82. The number of benzene rings is 1. The van der Waals surface area contributed by atoms with Gasteiger partial charge in [0.15, 0.2) is 5.82 Å². The highest BCUT2D eigenvalue weighted by Gasteiger charge is 2.12. The first kappa shape index (κ1) is 12.6. The van der Waals surface area contributed by atoms with Crippen LogP contribution in [-0.4, -0.2) is 31.8 Å². The van der Waals surface area contributed by atoms with Crippen LogP contribution in [0.1, 0.15) is 0 Å². The molecule has 100 valence electrons.